The van der Waals surface area contributed by atoms with Crippen LogP contribution in [0.5, 0.6) is 0 Å². The smallest absolute Gasteiger partial charge is 0.0659 e. The van der Waals surface area contributed by atoms with Gasteiger partial charge in [0.2, 0.25) is 0 Å². The highest BCUT2D eigenvalue weighted by Crippen LogP contribution is 2.24. The van der Waals surface area contributed by atoms with Crippen molar-refractivity contribution in [2.75, 3.05) is 0 Å². The van der Waals surface area contributed by atoms with E-state index in [1.165, 1.54) is 6.42 Å². The maximum absolute atomic E-state index is 8.62. The molecule has 0 radical (unpaired) electrons. The normalized spacial score (nSPS) is 31.6. The standard InChI is InChI=1S/C9H13N/c1-2-8-4-3-5-9(6-8)7-10/h3-4,8-9H,2,5-6H2,1H3. The molecule has 1 aliphatic rings. The first kappa shape index (κ1) is 7.34. The van der Waals surface area contributed by atoms with Crippen molar-refractivity contribution in [3.63, 3.8) is 0 Å². The quantitative estimate of drug-likeness (QED) is 0.507. The molecule has 0 saturated carbocycles. The average Bonchev–Trinajstić information content (AvgIpc) is 2.05. The second-order valence-electron chi connectivity index (χ2n) is 2.89. The lowest BCUT2D eigenvalue weighted by molar-refractivity contribution is 0.459. The molecule has 0 aromatic heterocycles. The van der Waals surface area contributed by atoms with Gasteiger partial charge in [-0.05, 0) is 25.2 Å². The van der Waals surface area contributed by atoms with E-state index in [0.717, 1.165) is 12.8 Å². The van der Waals surface area contributed by atoms with Crippen LogP contribution < -0.4 is 0 Å². The molecule has 2 atom stereocenters. The van der Waals surface area contributed by atoms with E-state index in [0.29, 0.717) is 5.92 Å². The van der Waals surface area contributed by atoms with Crippen molar-refractivity contribution in [1.82, 2.24) is 0 Å². The van der Waals surface area contributed by atoms with Gasteiger partial charge in [0, 0.05) is 0 Å². The Labute approximate surface area is 62.4 Å². The summed E-state index contributed by atoms with van der Waals surface area (Å²) in [6, 6.07) is 2.32. The third-order valence-corrected chi connectivity index (χ3v) is 2.12. The molecule has 1 nitrogen and oxygen atoms in total. The number of rotatable bonds is 1. The summed E-state index contributed by atoms with van der Waals surface area (Å²) in [4.78, 5) is 0. The van der Waals surface area contributed by atoms with Gasteiger partial charge in [-0.3, -0.25) is 0 Å². The molecule has 1 aliphatic carbocycles. The van der Waals surface area contributed by atoms with E-state index in [2.05, 4.69) is 25.1 Å². The van der Waals surface area contributed by atoms with Crippen LogP contribution in [0.15, 0.2) is 12.2 Å². The highest BCUT2D eigenvalue weighted by atomic mass is 14.3. The molecular formula is C9H13N. The van der Waals surface area contributed by atoms with E-state index in [1.807, 2.05) is 0 Å². The third kappa shape index (κ3) is 1.60. The molecule has 10 heavy (non-hydrogen) atoms. The van der Waals surface area contributed by atoms with Gasteiger partial charge in [-0.1, -0.05) is 19.1 Å². The fourth-order valence-electron chi connectivity index (χ4n) is 1.38. The van der Waals surface area contributed by atoms with Gasteiger partial charge in [0.05, 0.1) is 12.0 Å². The number of nitriles is 1. The van der Waals surface area contributed by atoms with Crippen molar-refractivity contribution in [3.8, 4) is 6.07 Å². The molecule has 0 aliphatic heterocycles. The fraction of sp³-hybridized carbons (Fsp3) is 0.667. The van der Waals surface area contributed by atoms with E-state index in [9.17, 15) is 0 Å². The molecule has 54 valence electrons. The summed E-state index contributed by atoms with van der Waals surface area (Å²) < 4.78 is 0. The molecule has 0 N–H and O–H groups in total. The Morgan fingerprint density at radius 3 is 3.10 bits per heavy atom. The summed E-state index contributed by atoms with van der Waals surface area (Å²) in [5.74, 6) is 0.952. The molecule has 0 aromatic carbocycles. The molecule has 0 amide bonds. The van der Waals surface area contributed by atoms with Crippen molar-refractivity contribution >= 4 is 0 Å². The molecule has 0 aromatic rings. The molecule has 0 bridgehead atoms. The third-order valence-electron chi connectivity index (χ3n) is 2.12. The predicted molar refractivity (Wildman–Crippen MR) is 41.3 cm³/mol. The Hall–Kier alpha value is -0.770. The van der Waals surface area contributed by atoms with E-state index in [1.54, 1.807) is 0 Å². The van der Waals surface area contributed by atoms with Crippen LogP contribution in [0.2, 0.25) is 0 Å². The summed E-state index contributed by atoms with van der Waals surface area (Å²) >= 11 is 0. The highest BCUT2D eigenvalue weighted by Gasteiger charge is 2.14. The van der Waals surface area contributed by atoms with Crippen LogP contribution in [0.4, 0.5) is 0 Å². The van der Waals surface area contributed by atoms with Crippen LogP contribution in [-0.4, -0.2) is 0 Å². The highest BCUT2D eigenvalue weighted by molar-refractivity contribution is 5.01. The van der Waals surface area contributed by atoms with E-state index < -0.39 is 0 Å². The maximum atomic E-state index is 8.62. The topological polar surface area (TPSA) is 23.8 Å². The number of nitrogens with zero attached hydrogens (tertiary/aromatic N) is 1. The van der Waals surface area contributed by atoms with Gasteiger partial charge in [-0.15, -0.1) is 0 Å². The Morgan fingerprint density at radius 2 is 2.50 bits per heavy atom. The van der Waals surface area contributed by atoms with Gasteiger partial charge in [0.25, 0.3) is 0 Å². The summed E-state index contributed by atoms with van der Waals surface area (Å²) in [6.45, 7) is 2.18. The van der Waals surface area contributed by atoms with E-state index in [-0.39, 0.29) is 5.92 Å². The molecule has 0 spiro atoms. The SMILES string of the molecule is CCC1C=CCC(C#N)C1. The zero-order chi connectivity index (χ0) is 7.40. The minimum atomic E-state index is 0.287. The number of allylic oxidation sites excluding steroid dienone is 2. The van der Waals surface area contributed by atoms with Crippen molar-refractivity contribution in [3.05, 3.63) is 12.2 Å². The Bertz CT molecular complexity index is 164. The maximum Gasteiger partial charge on any atom is 0.0659 e. The molecule has 1 heteroatoms. The van der Waals surface area contributed by atoms with Crippen LogP contribution in [0.25, 0.3) is 0 Å². The van der Waals surface area contributed by atoms with Gasteiger partial charge in [0.15, 0.2) is 0 Å². The minimum Gasteiger partial charge on any atom is -0.198 e. The molecule has 0 fully saturated rings. The van der Waals surface area contributed by atoms with Crippen molar-refractivity contribution in [2.24, 2.45) is 11.8 Å². The zero-order valence-electron chi connectivity index (χ0n) is 6.38. The van der Waals surface area contributed by atoms with Crippen LogP contribution in [-0.2, 0) is 0 Å². The monoisotopic (exact) mass is 135 g/mol. The van der Waals surface area contributed by atoms with Crippen LogP contribution in [0.3, 0.4) is 0 Å². The van der Waals surface area contributed by atoms with Gasteiger partial charge < -0.3 is 0 Å². The number of hydrogen-bond acceptors (Lipinski definition) is 1. The summed E-state index contributed by atoms with van der Waals surface area (Å²) in [5.41, 5.74) is 0. The van der Waals surface area contributed by atoms with Crippen molar-refractivity contribution < 1.29 is 0 Å². The van der Waals surface area contributed by atoms with Gasteiger partial charge >= 0.3 is 0 Å². The second-order valence-corrected chi connectivity index (χ2v) is 2.89. The Morgan fingerprint density at radius 1 is 1.70 bits per heavy atom. The minimum absolute atomic E-state index is 0.287. The van der Waals surface area contributed by atoms with Gasteiger partial charge in [-0.25, -0.2) is 0 Å². The predicted octanol–water partition coefficient (Wildman–Crippen LogP) is 2.50. The lowest BCUT2D eigenvalue weighted by Crippen LogP contribution is -2.08. The molecule has 0 heterocycles. The Balaban J connectivity index is 2.47. The first-order valence-corrected chi connectivity index (χ1v) is 3.93. The summed E-state index contributed by atoms with van der Waals surface area (Å²) in [6.07, 6.45) is 7.60. The first-order valence-electron chi connectivity index (χ1n) is 3.93. The van der Waals surface area contributed by atoms with Gasteiger partial charge in [-0.2, -0.15) is 5.26 Å². The zero-order valence-corrected chi connectivity index (χ0v) is 6.38. The van der Waals surface area contributed by atoms with Crippen LogP contribution in [0.1, 0.15) is 26.2 Å². The fourth-order valence-corrected chi connectivity index (χ4v) is 1.38. The van der Waals surface area contributed by atoms with Crippen LogP contribution in [0, 0.1) is 23.2 Å². The van der Waals surface area contributed by atoms with E-state index >= 15 is 0 Å². The first-order chi connectivity index (χ1) is 4.86. The van der Waals surface area contributed by atoms with Crippen molar-refractivity contribution in [2.45, 2.75) is 26.2 Å². The molecular weight excluding hydrogens is 122 g/mol. The summed E-state index contributed by atoms with van der Waals surface area (Å²) in [7, 11) is 0. The lowest BCUT2D eigenvalue weighted by Gasteiger charge is -2.17. The second kappa shape index (κ2) is 3.41. The largest absolute Gasteiger partial charge is 0.198 e. The number of hydrogen-bond donors (Lipinski definition) is 0. The van der Waals surface area contributed by atoms with Crippen molar-refractivity contribution in [1.29, 1.82) is 5.26 Å². The average molecular weight is 135 g/mol. The summed E-state index contributed by atoms with van der Waals surface area (Å²) in [5, 5.41) is 8.62. The molecule has 2 unspecified atom stereocenters. The Kier molecular flexibility index (Phi) is 2.50. The van der Waals surface area contributed by atoms with Gasteiger partial charge in [0.1, 0.15) is 0 Å². The lowest BCUT2D eigenvalue weighted by atomic mass is 9.86. The van der Waals surface area contributed by atoms with Crippen LogP contribution >= 0.6 is 0 Å². The molecule has 0 saturated heterocycles. The van der Waals surface area contributed by atoms with E-state index in [4.69, 9.17) is 5.26 Å². The molecule has 1 rings (SSSR count).